The lowest BCUT2D eigenvalue weighted by atomic mass is 9.94. The van der Waals surface area contributed by atoms with Gasteiger partial charge in [-0.1, -0.05) is 0 Å². The van der Waals surface area contributed by atoms with Crippen LogP contribution < -0.4 is 0 Å². The fourth-order valence-corrected chi connectivity index (χ4v) is 3.23. The van der Waals surface area contributed by atoms with Gasteiger partial charge in [-0.05, 0) is 31.6 Å². The molecule has 0 N–H and O–H groups in total. The molecule has 2 amide bonds. The molecule has 2 fully saturated rings. The van der Waals surface area contributed by atoms with E-state index in [2.05, 4.69) is 0 Å². The van der Waals surface area contributed by atoms with E-state index in [9.17, 15) is 22.8 Å². The molecule has 0 aromatic carbocycles. The summed E-state index contributed by atoms with van der Waals surface area (Å²) in [5, 5.41) is 0. The molecule has 0 saturated carbocycles. The zero-order valence-electron chi connectivity index (χ0n) is 13.3. The quantitative estimate of drug-likeness (QED) is 0.788. The first-order valence-corrected chi connectivity index (χ1v) is 7.98. The molecule has 0 spiro atoms. The van der Waals surface area contributed by atoms with Gasteiger partial charge in [0.05, 0.1) is 0 Å². The minimum Gasteiger partial charge on any atom is -0.381 e. The number of hydrogen-bond acceptors (Lipinski definition) is 3. The van der Waals surface area contributed by atoms with Crippen LogP contribution in [0.5, 0.6) is 0 Å². The lowest BCUT2D eigenvalue weighted by Gasteiger charge is -2.34. The number of likely N-dealkylation sites (tertiary alicyclic amines) is 1. The van der Waals surface area contributed by atoms with Crippen molar-refractivity contribution in [2.45, 2.75) is 31.9 Å². The second-order valence-corrected chi connectivity index (χ2v) is 6.34. The molecule has 2 heterocycles. The summed E-state index contributed by atoms with van der Waals surface area (Å²) in [4.78, 5) is 26.1. The van der Waals surface area contributed by atoms with Crippen LogP contribution in [0.3, 0.4) is 0 Å². The van der Waals surface area contributed by atoms with Crippen LogP contribution in [0.15, 0.2) is 0 Å². The molecule has 2 aliphatic rings. The van der Waals surface area contributed by atoms with Crippen molar-refractivity contribution in [2.75, 3.05) is 39.9 Å². The van der Waals surface area contributed by atoms with Gasteiger partial charge in [-0.2, -0.15) is 13.2 Å². The summed E-state index contributed by atoms with van der Waals surface area (Å²) in [5.74, 6) is -1.71. The van der Waals surface area contributed by atoms with Gasteiger partial charge in [-0.25, -0.2) is 0 Å². The normalized spacial score (nSPS) is 21.3. The molecule has 0 aliphatic carbocycles. The van der Waals surface area contributed by atoms with E-state index in [-0.39, 0.29) is 24.9 Å². The summed E-state index contributed by atoms with van der Waals surface area (Å²) in [6.07, 6.45) is -2.40. The summed E-state index contributed by atoms with van der Waals surface area (Å²) in [6, 6.07) is 0. The van der Waals surface area contributed by atoms with Crippen LogP contribution >= 0.6 is 0 Å². The van der Waals surface area contributed by atoms with Crippen molar-refractivity contribution in [3.8, 4) is 0 Å². The van der Waals surface area contributed by atoms with Gasteiger partial charge in [0.15, 0.2) is 0 Å². The third-order valence-corrected chi connectivity index (χ3v) is 4.62. The van der Waals surface area contributed by atoms with Crippen molar-refractivity contribution in [3.63, 3.8) is 0 Å². The lowest BCUT2D eigenvalue weighted by Crippen LogP contribution is -2.48. The first kappa shape index (κ1) is 18.0. The molecule has 0 aromatic rings. The first-order chi connectivity index (χ1) is 10.8. The maximum atomic E-state index is 12.4. The number of halogens is 3. The number of alkyl halides is 3. The van der Waals surface area contributed by atoms with E-state index in [1.165, 1.54) is 0 Å². The highest BCUT2D eigenvalue weighted by Crippen LogP contribution is 2.25. The summed E-state index contributed by atoms with van der Waals surface area (Å²) in [5.41, 5.74) is 0. The Balaban J connectivity index is 1.79. The van der Waals surface area contributed by atoms with E-state index < -0.39 is 12.1 Å². The Bertz CT molecular complexity index is 428. The van der Waals surface area contributed by atoms with Crippen LogP contribution in [0.1, 0.15) is 25.7 Å². The number of hydrogen-bond donors (Lipinski definition) is 0. The molecule has 132 valence electrons. The monoisotopic (exact) mass is 336 g/mol. The van der Waals surface area contributed by atoms with Gasteiger partial charge in [-0.15, -0.1) is 0 Å². The smallest absolute Gasteiger partial charge is 0.381 e. The van der Waals surface area contributed by atoms with Gasteiger partial charge in [-0.3, -0.25) is 9.59 Å². The average molecular weight is 336 g/mol. The van der Waals surface area contributed by atoms with Gasteiger partial charge in [0, 0.05) is 45.8 Å². The summed E-state index contributed by atoms with van der Waals surface area (Å²) in [6.45, 7) is 2.05. The van der Waals surface area contributed by atoms with Crippen LogP contribution in [0.4, 0.5) is 13.2 Å². The molecule has 23 heavy (non-hydrogen) atoms. The molecule has 2 rings (SSSR count). The molecule has 0 unspecified atom stereocenters. The molecule has 0 atom stereocenters. The van der Waals surface area contributed by atoms with Crippen molar-refractivity contribution in [3.05, 3.63) is 0 Å². The van der Waals surface area contributed by atoms with E-state index in [4.69, 9.17) is 4.74 Å². The maximum absolute atomic E-state index is 12.4. The van der Waals surface area contributed by atoms with Gasteiger partial charge in [0.25, 0.3) is 0 Å². The molecule has 2 saturated heterocycles. The average Bonchev–Trinajstić information content (AvgIpc) is 2.53. The number of carbonyl (C=O) groups is 2. The highest BCUT2D eigenvalue weighted by atomic mass is 19.4. The van der Waals surface area contributed by atoms with Gasteiger partial charge in [0.1, 0.15) is 0 Å². The fraction of sp³-hybridized carbons (Fsp3) is 0.867. The second kappa shape index (κ2) is 7.51. The molecule has 0 bridgehead atoms. The van der Waals surface area contributed by atoms with Crippen LogP contribution in [0.25, 0.3) is 0 Å². The van der Waals surface area contributed by atoms with Crippen molar-refractivity contribution in [2.24, 2.45) is 11.8 Å². The Morgan fingerprint density at radius 3 is 2.22 bits per heavy atom. The number of rotatable bonds is 3. The Hall–Kier alpha value is -1.31. The van der Waals surface area contributed by atoms with Gasteiger partial charge < -0.3 is 14.5 Å². The summed E-state index contributed by atoms with van der Waals surface area (Å²) >= 11 is 0. The topological polar surface area (TPSA) is 49.9 Å². The van der Waals surface area contributed by atoms with Crippen molar-refractivity contribution < 1.29 is 27.5 Å². The molecular formula is C15H23F3N2O3. The SMILES string of the molecule is CN(CC1CCOCC1)C(=O)C1CCN(C(=O)C(F)(F)F)CC1. The van der Waals surface area contributed by atoms with E-state index in [1.54, 1.807) is 11.9 Å². The van der Waals surface area contributed by atoms with Crippen LogP contribution in [0.2, 0.25) is 0 Å². The largest absolute Gasteiger partial charge is 0.471 e. The lowest BCUT2D eigenvalue weighted by molar-refractivity contribution is -0.187. The highest BCUT2D eigenvalue weighted by molar-refractivity contribution is 5.83. The maximum Gasteiger partial charge on any atom is 0.471 e. The third kappa shape index (κ3) is 4.83. The van der Waals surface area contributed by atoms with E-state index in [0.29, 0.717) is 38.5 Å². The zero-order chi connectivity index (χ0) is 17.0. The Morgan fingerprint density at radius 1 is 1.13 bits per heavy atom. The second-order valence-electron chi connectivity index (χ2n) is 6.34. The van der Waals surface area contributed by atoms with Crippen molar-refractivity contribution >= 4 is 11.8 Å². The number of piperidine rings is 1. The van der Waals surface area contributed by atoms with E-state index in [0.717, 1.165) is 17.7 Å². The minimum atomic E-state index is -4.84. The summed E-state index contributed by atoms with van der Waals surface area (Å²) in [7, 11) is 1.74. The van der Waals surface area contributed by atoms with Gasteiger partial charge >= 0.3 is 12.1 Å². The third-order valence-electron chi connectivity index (χ3n) is 4.62. The molecule has 5 nitrogen and oxygen atoms in total. The molecular weight excluding hydrogens is 313 g/mol. The van der Waals surface area contributed by atoms with Gasteiger partial charge in [0.2, 0.25) is 5.91 Å². The number of ether oxygens (including phenoxy) is 1. The van der Waals surface area contributed by atoms with Crippen molar-refractivity contribution in [1.29, 1.82) is 0 Å². The van der Waals surface area contributed by atoms with Crippen LogP contribution in [-0.2, 0) is 14.3 Å². The predicted octanol–water partition coefficient (Wildman–Crippen LogP) is 1.67. The zero-order valence-corrected chi connectivity index (χ0v) is 13.3. The molecule has 8 heteroatoms. The van der Waals surface area contributed by atoms with E-state index in [1.807, 2.05) is 0 Å². The predicted molar refractivity (Wildman–Crippen MR) is 76.5 cm³/mol. The standard InChI is InChI=1S/C15H23F3N2O3/c1-19(10-11-4-8-23-9-5-11)13(21)12-2-6-20(7-3-12)14(22)15(16,17)18/h11-12H,2-10H2,1H3. The Kier molecular flexibility index (Phi) is 5.89. The molecule has 2 aliphatic heterocycles. The van der Waals surface area contributed by atoms with E-state index >= 15 is 0 Å². The number of nitrogens with zero attached hydrogens (tertiary/aromatic N) is 2. The fourth-order valence-electron chi connectivity index (χ4n) is 3.23. The number of carbonyl (C=O) groups excluding carboxylic acids is 2. The highest BCUT2D eigenvalue weighted by Gasteiger charge is 2.43. The van der Waals surface area contributed by atoms with Crippen LogP contribution in [0, 0.1) is 11.8 Å². The summed E-state index contributed by atoms with van der Waals surface area (Å²) < 4.78 is 42.5. The number of amides is 2. The van der Waals surface area contributed by atoms with Crippen molar-refractivity contribution in [1.82, 2.24) is 9.80 Å². The Morgan fingerprint density at radius 2 is 1.70 bits per heavy atom. The van der Waals surface area contributed by atoms with Crippen LogP contribution in [-0.4, -0.2) is 67.7 Å². The minimum absolute atomic E-state index is 0.0140. The Labute approximate surface area is 133 Å². The first-order valence-electron chi connectivity index (χ1n) is 7.98. The molecule has 0 radical (unpaired) electrons. The molecule has 0 aromatic heterocycles.